The molecule has 0 aliphatic heterocycles. The van der Waals surface area contributed by atoms with Gasteiger partial charge in [-0.2, -0.15) is 0 Å². The van der Waals surface area contributed by atoms with Crippen LogP contribution in [0.5, 0.6) is 0 Å². The maximum atomic E-state index is 5.91. The minimum absolute atomic E-state index is 0.174. The second-order valence-corrected chi connectivity index (χ2v) is 3.69. The lowest BCUT2D eigenvalue weighted by Crippen LogP contribution is -2.32. The van der Waals surface area contributed by atoms with Crippen LogP contribution in [0.2, 0.25) is 0 Å². The van der Waals surface area contributed by atoms with Gasteiger partial charge in [0.05, 0.1) is 5.50 Å². The van der Waals surface area contributed by atoms with Gasteiger partial charge in [-0.25, -0.2) is 0 Å². The van der Waals surface area contributed by atoms with Crippen LogP contribution in [0, 0.1) is 5.92 Å². The molecule has 0 heterocycles. The third-order valence-electron chi connectivity index (χ3n) is 1.51. The summed E-state index contributed by atoms with van der Waals surface area (Å²) in [6.45, 7) is 10.7. The molecule has 2 heteroatoms. The summed E-state index contributed by atoms with van der Waals surface area (Å²) in [7, 11) is 0. The SMILES string of the molecule is CCN(CC(C)C)C(C)Cl. The lowest BCUT2D eigenvalue weighted by atomic mass is 10.2. The molecule has 0 rings (SSSR count). The van der Waals surface area contributed by atoms with Crippen molar-refractivity contribution in [3.05, 3.63) is 0 Å². The van der Waals surface area contributed by atoms with E-state index in [1.807, 2.05) is 6.92 Å². The van der Waals surface area contributed by atoms with Crippen LogP contribution in [-0.2, 0) is 0 Å². The Morgan fingerprint density at radius 3 is 1.90 bits per heavy atom. The summed E-state index contributed by atoms with van der Waals surface area (Å²) in [5, 5.41) is 0. The van der Waals surface area contributed by atoms with Gasteiger partial charge in [-0.15, -0.1) is 11.6 Å². The van der Waals surface area contributed by atoms with E-state index in [1.54, 1.807) is 0 Å². The molecule has 0 aromatic rings. The Morgan fingerprint density at radius 2 is 1.80 bits per heavy atom. The molecule has 0 saturated heterocycles. The summed E-state index contributed by atoms with van der Waals surface area (Å²) in [6.07, 6.45) is 0. The maximum absolute atomic E-state index is 5.91. The zero-order chi connectivity index (χ0) is 8.15. The Labute approximate surface area is 69.4 Å². The number of rotatable bonds is 4. The monoisotopic (exact) mass is 163 g/mol. The molecule has 0 aromatic heterocycles. The summed E-state index contributed by atoms with van der Waals surface area (Å²) in [6, 6.07) is 0. The zero-order valence-corrected chi connectivity index (χ0v) is 8.15. The van der Waals surface area contributed by atoms with Crippen molar-refractivity contribution >= 4 is 11.6 Å². The average Bonchev–Trinajstić information content (AvgIpc) is 1.81. The molecular formula is C8H18ClN. The van der Waals surface area contributed by atoms with Gasteiger partial charge in [-0.1, -0.05) is 20.8 Å². The lowest BCUT2D eigenvalue weighted by Gasteiger charge is -2.24. The molecule has 0 aliphatic carbocycles. The smallest absolute Gasteiger partial charge is 0.0821 e. The molecule has 0 radical (unpaired) electrons. The van der Waals surface area contributed by atoms with Crippen molar-refractivity contribution in [2.45, 2.75) is 33.2 Å². The molecule has 0 fully saturated rings. The van der Waals surface area contributed by atoms with Crippen LogP contribution in [0.1, 0.15) is 27.7 Å². The minimum atomic E-state index is 0.174. The predicted molar refractivity (Wildman–Crippen MR) is 47.4 cm³/mol. The summed E-state index contributed by atoms with van der Waals surface area (Å²) >= 11 is 5.91. The van der Waals surface area contributed by atoms with Crippen molar-refractivity contribution in [1.29, 1.82) is 0 Å². The topological polar surface area (TPSA) is 3.24 Å². The number of halogens is 1. The quantitative estimate of drug-likeness (QED) is 0.455. The largest absolute Gasteiger partial charge is 0.288 e. The van der Waals surface area contributed by atoms with Crippen molar-refractivity contribution in [2.24, 2.45) is 5.92 Å². The molecular weight excluding hydrogens is 146 g/mol. The molecule has 0 N–H and O–H groups in total. The van der Waals surface area contributed by atoms with Gasteiger partial charge in [0, 0.05) is 6.54 Å². The van der Waals surface area contributed by atoms with Gasteiger partial charge >= 0.3 is 0 Å². The van der Waals surface area contributed by atoms with E-state index < -0.39 is 0 Å². The first kappa shape index (κ1) is 10.2. The average molecular weight is 164 g/mol. The van der Waals surface area contributed by atoms with E-state index in [4.69, 9.17) is 11.6 Å². The van der Waals surface area contributed by atoms with Crippen LogP contribution in [0.15, 0.2) is 0 Å². The first-order valence-electron chi connectivity index (χ1n) is 3.96. The second kappa shape index (κ2) is 4.97. The normalized spacial score (nSPS) is 14.7. The zero-order valence-electron chi connectivity index (χ0n) is 7.39. The molecule has 0 saturated carbocycles. The van der Waals surface area contributed by atoms with E-state index in [9.17, 15) is 0 Å². The van der Waals surface area contributed by atoms with Crippen molar-refractivity contribution in [2.75, 3.05) is 13.1 Å². The Balaban J connectivity index is 3.60. The molecule has 0 amide bonds. The molecule has 1 nitrogen and oxygen atoms in total. The summed E-state index contributed by atoms with van der Waals surface area (Å²) in [4.78, 5) is 2.26. The molecule has 1 unspecified atom stereocenters. The molecule has 10 heavy (non-hydrogen) atoms. The maximum Gasteiger partial charge on any atom is 0.0821 e. The van der Waals surface area contributed by atoms with Crippen LogP contribution in [-0.4, -0.2) is 23.5 Å². The Kier molecular flexibility index (Phi) is 5.10. The summed E-state index contributed by atoms with van der Waals surface area (Å²) < 4.78 is 0. The van der Waals surface area contributed by atoms with Crippen molar-refractivity contribution in [3.8, 4) is 0 Å². The highest BCUT2D eigenvalue weighted by atomic mass is 35.5. The van der Waals surface area contributed by atoms with E-state index in [1.165, 1.54) is 0 Å². The number of nitrogens with zero attached hydrogens (tertiary/aromatic N) is 1. The van der Waals surface area contributed by atoms with Gasteiger partial charge in [0.1, 0.15) is 0 Å². The summed E-state index contributed by atoms with van der Waals surface area (Å²) in [5.41, 5.74) is 0.174. The van der Waals surface area contributed by atoms with Crippen molar-refractivity contribution in [1.82, 2.24) is 4.90 Å². The Hall–Kier alpha value is 0.250. The number of hydrogen-bond acceptors (Lipinski definition) is 1. The van der Waals surface area contributed by atoms with E-state index in [2.05, 4.69) is 25.7 Å². The standard InChI is InChI=1S/C8H18ClN/c1-5-10(8(4)9)6-7(2)3/h7-8H,5-6H2,1-4H3. The minimum Gasteiger partial charge on any atom is -0.288 e. The van der Waals surface area contributed by atoms with Gasteiger partial charge in [-0.05, 0) is 19.4 Å². The Morgan fingerprint density at radius 1 is 1.30 bits per heavy atom. The molecule has 0 spiro atoms. The highest BCUT2D eigenvalue weighted by Crippen LogP contribution is 2.06. The fourth-order valence-corrected chi connectivity index (χ4v) is 1.21. The first-order valence-corrected chi connectivity index (χ1v) is 4.39. The van der Waals surface area contributed by atoms with Crippen LogP contribution in [0.3, 0.4) is 0 Å². The highest BCUT2D eigenvalue weighted by molar-refractivity contribution is 6.20. The van der Waals surface area contributed by atoms with Crippen molar-refractivity contribution in [3.63, 3.8) is 0 Å². The van der Waals surface area contributed by atoms with E-state index >= 15 is 0 Å². The fraction of sp³-hybridized carbons (Fsp3) is 1.00. The highest BCUT2D eigenvalue weighted by Gasteiger charge is 2.09. The number of hydrogen-bond donors (Lipinski definition) is 0. The second-order valence-electron chi connectivity index (χ2n) is 3.06. The van der Waals surface area contributed by atoms with Gasteiger partial charge in [0.25, 0.3) is 0 Å². The molecule has 1 atom stereocenters. The van der Waals surface area contributed by atoms with Crippen LogP contribution in [0.25, 0.3) is 0 Å². The third-order valence-corrected chi connectivity index (χ3v) is 1.79. The van der Waals surface area contributed by atoms with Crippen molar-refractivity contribution < 1.29 is 0 Å². The predicted octanol–water partition coefficient (Wildman–Crippen LogP) is 2.55. The van der Waals surface area contributed by atoms with E-state index in [-0.39, 0.29) is 5.50 Å². The first-order chi connectivity index (χ1) is 4.57. The molecule has 62 valence electrons. The van der Waals surface area contributed by atoms with Gasteiger partial charge in [0.15, 0.2) is 0 Å². The van der Waals surface area contributed by atoms with Crippen LogP contribution < -0.4 is 0 Å². The van der Waals surface area contributed by atoms with Crippen LogP contribution >= 0.6 is 11.6 Å². The molecule has 0 aromatic carbocycles. The molecule has 0 aliphatic rings. The van der Waals surface area contributed by atoms with E-state index in [0.29, 0.717) is 5.92 Å². The van der Waals surface area contributed by atoms with Gasteiger partial charge < -0.3 is 0 Å². The fourth-order valence-electron chi connectivity index (χ4n) is 0.995. The Bertz CT molecular complexity index is 81.3. The van der Waals surface area contributed by atoms with E-state index in [0.717, 1.165) is 13.1 Å². The lowest BCUT2D eigenvalue weighted by molar-refractivity contribution is 0.246. The molecule has 0 bridgehead atoms. The van der Waals surface area contributed by atoms with Gasteiger partial charge in [0.2, 0.25) is 0 Å². The van der Waals surface area contributed by atoms with Crippen LogP contribution in [0.4, 0.5) is 0 Å². The number of alkyl halides is 1. The van der Waals surface area contributed by atoms with Gasteiger partial charge in [-0.3, -0.25) is 4.90 Å². The third kappa shape index (κ3) is 4.13. The summed E-state index contributed by atoms with van der Waals surface area (Å²) in [5.74, 6) is 0.709.